The molecule has 9 heteroatoms. The van der Waals surface area contributed by atoms with E-state index in [1.54, 1.807) is 6.92 Å². The van der Waals surface area contributed by atoms with Crippen LogP contribution in [-0.2, 0) is 9.84 Å². The fraction of sp³-hybridized carbons (Fsp3) is 0.667. The highest BCUT2D eigenvalue weighted by atomic mass is 32.2. The van der Waals surface area contributed by atoms with Crippen LogP contribution in [0.1, 0.15) is 32.2 Å². The Kier molecular flexibility index (Phi) is 4.65. The summed E-state index contributed by atoms with van der Waals surface area (Å²) in [6.45, 7) is 4.10. The molecule has 0 aliphatic rings. The monoisotopic (exact) mass is 276 g/mol. The maximum atomic E-state index is 11.4. The molecule has 0 saturated heterocycles. The first-order valence-corrected chi connectivity index (χ1v) is 7.31. The number of hydrogen-bond acceptors (Lipinski definition) is 6. The Morgan fingerprint density at radius 1 is 1.44 bits per heavy atom. The smallest absolute Gasteiger partial charge is 0.335 e. The molecule has 0 bridgehead atoms. The summed E-state index contributed by atoms with van der Waals surface area (Å²) >= 11 is 0. The van der Waals surface area contributed by atoms with Crippen molar-refractivity contribution in [1.29, 1.82) is 0 Å². The predicted molar refractivity (Wildman–Crippen MR) is 62.6 cm³/mol. The van der Waals surface area contributed by atoms with Crippen molar-refractivity contribution in [3.05, 3.63) is 5.89 Å². The molecule has 1 atom stereocenters. The van der Waals surface area contributed by atoms with Crippen molar-refractivity contribution in [1.82, 2.24) is 20.8 Å². The van der Waals surface area contributed by atoms with Crippen molar-refractivity contribution in [2.24, 2.45) is 0 Å². The van der Waals surface area contributed by atoms with Gasteiger partial charge < -0.3 is 15.1 Å². The molecular weight excluding hydrogens is 260 g/mol. The normalized spacial score (nSPS) is 13.1. The van der Waals surface area contributed by atoms with Gasteiger partial charge in [-0.15, -0.1) is 5.10 Å². The fourth-order valence-electron chi connectivity index (χ4n) is 1.09. The molecule has 1 aromatic rings. The van der Waals surface area contributed by atoms with Crippen LogP contribution in [0.4, 0.5) is 4.79 Å². The van der Waals surface area contributed by atoms with E-state index < -0.39 is 21.1 Å². The van der Waals surface area contributed by atoms with Gasteiger partial charge in [0.1, 0.15) is 6.04 Å². The molecule has 2 amide bonds. The lowest BCUT2D eigenvalue weighted by atomic mass is 10.3. The number of amides is 2. The Hall–Kier alpha value is -1.64. The minimum Gasteiger partial charge on any atom is -0.410 e. The Labute approximate surface area is 105 Å². The highest BCUT2D eigenvalue weighted by molar-refractivity contribution is 7.90. The summed E-state index contributed by atoms with van der Waals surface area (Å²) in [5, 5.41) is 11.7. The van der Waals surface area contributed by atoms with E-state index in [0.29, 0.717) is 6.54 Å². The minimum absolute atomic E-state index is 0.0436. The average molecular weight is 276 g/mol. The highest BCUT2D eigenvalue weighted by Crippen LogP contribution is 2.13. The van der Waals surface area contributed by atoms with Crippen LogP contribution in [0.25, 0.3) is 0 Å². The number of carbonyl (C=O) groups is 1. The van der Waals surface area contributed by atoms with E-state index in [0.717, 1.165) is 12.7 Å². The predicted octanol–water partition coefficient (Wildman–Crippen LogP) is 0.243. The largest absolute Gasteiger partial charge is 0.410 e. The van der Waals surface area contributed by atoms with Crippen molar-refractivity contribution in [2.75, 3.05) is 12.8 Å². The molecule has 0 radical (unpaired) electrons. The molecule has 0 spiro atoms. The zero-order valence-electron chi connectivity index (χ0n) is 10.4. The van der Waals surface area contributed by atoms with Gasteiger partial charge in [-0.05, 0) is 13.3 Å². The van der Waals surface area contributed by atoms with Gasteiger partial charge >= 0.3 is 11.3 Å². The standard InChI is InChI=1S/C9H16N4O4S/c1-4-5-10-8(14)11-6(2)7-12-13-9(17-7)18(3,15)16/h6H,4-5H2,1-3H3,(H2,10,11,14)/t6-/m0/s1. The first-order valence-electron chi connectivity index (χ1n) is 5.42. The summed E-state index contributed by atoms with van der Waals surface area (Å²) < 4.78 is 27.2. The molecule has 8 nitrogen and oxygen atoms in total. The van der Waals surface area contributed by atoms with E-state index in [1.807, 2.05) is 6.92 Å². The summed E-state index contributed by atoms with van der Waals surface area (Å²) in [6.07, 6.45) is 1.79. The van der Waals surface area contributed by atoms with Gasteiger partial charge in [-0.25, -0.2) is 13.2 Å². The quantitative estimate of drug-likeness (QED) is 0.796. The van der Waals surface area contributed by atoms with Gasteiger partial charge in [0.15, 0.2) is 0 Å². The SMILES string of the molecule is CCCNC(=O)N[C@@H](C)c1nnc(S(C)(=O)=O)o1. The van der Waals surface area contributed by atoms with Crippen LogP contribution in [0.2, 0.25) is 0 Å². The first kappa shape index (κ1) is 14.4. The van der Waals surface area contributed by atoms with Gasteiger partial charge in [0.2, 0.25) is 15.7 Å². The Balaban J connectivity index is 2.65. The third-order valence-electron chi connectivity index (χ3n) is 1.99. The number of urea groups is 1. The fourth-order valence-corrected chi connectivity index (χ4v) is 1.52. The summed E-state index contributed by atoms with van der Waals surface area (Å²) in [4.78, 5) is 11.4. The van der Waals surface area contributed by atoms with Crippen molar-refractivity contribution < 1.29 is 17.6 Å². The maximum Gasteiger partial charge on any atom is 0.335 e. The minimum atomic E-state index is -3.53. The second kappa shape index (κ2) is 5.80. The first-order chi connectivity index (χ1) is 8.34. The Morgan fingerprint density at radius 3 is 2.61 bits per heavy atom. The van der Waals surface area contributed by atoms with Crippen LogP contribution in [0, 0.1) is 0 Å². The maximum absolute atomic E-state index is 11.4. The number of carbonyl (C=O) groups excluding carboxylic acids is 1. The van der Waals surface area contributed by atoms with Crippen LogP contribution in [-0.4, -0.2) is 37.4 Å². The zero-order chi connectivity index (χ0) is 13.8. The number of nitrogens with zero attached hydrogens (tertiary/aromatic N) is 2. The van der Waals surface area contributed by atoms with Crippen molar-refractivity contribution in [2.45, 2.75) is 31.5 Å². The molecule has 0 aliphatic carbocycles. The lowest BCUT2D eigenvalue weighted by Gasteiger charge is -2.10. The van der Waals surface area contributed by atoms with E-state index in [-0.39, 0.29) is 11.9 Å². The Bertz CT molecular complexity index is 510. The summed E-state index contributed by atoms with van der Waals surface area (Å²) in [5.41, 5.74) is 0. The lowest BCUT2D eigenvalue weighted by molar-refractivity contribution is 0.235. The topological polar surface area (TPSA) is 114 Å². The van der Waals surface area contributed by atoms with Crippen LogP contribution in [0.3, 0.4) is 0 Å². The highest BCUT2D eigenvalue weighted by Gasteiger charge is 2.20. The molecular formula is C9H16N4O4S. The zero-order valence-corrected chi connectivity index (χ0v) is 11.2. The van der Waals surface area contributed by atoms with E-state index in [9.17, 15) is 13.2 Å². The van der Waals surface area contributed by atoms with Gasteiger partial charge in [-0.2, -0.15) is 0 Å². The van der Waals surface area contributed by atoms with Gasteiger partial charge in [-0.1, -0.05) is 12.0 Å². The molecule has 1 rings (SSSR count). The molecule has 2 N–H and O–H groups in total. The van der Waals surface area contributed by atoms with Gasteiger partial charge in [0, 0.05) is 12.8 Å². The molecule has 0 unspecified atom stereocenters. The Morgan fingerprint density at radius 2 is 2.11 bits per heavy atom. The van der Waals surface area contributed by atoms with E-state index in [4.69, 9.17) is 4.42 Å². The van der Waals surface area contributed by atoms with Crippen LogP contribution in [0.5, 0.6) is 0 Å². The molecule has 0 saturated carbocycles. The van der Waals surface area contributed by atoms with Crippen LogP contribution < -0.4 is 10.6 Å². The number of sulfone groups is 1. The summed E-state index contributed by atoms with van der Waals surface area (Å²) in [5.74, 6) is 0.0436. The van der Waals surface area contributed by atoms with Crippen LogP contribution in [0.15, 0.2) is 9.64 Å². The number of rotatable bonds is 5. The molecule has 102 valence electrons. The van der Waals surface area contributed by atoms with Crippen molar-refractivity contribution in [3.63, 3.8) is 0 Å². The van der Waals surface area contributed by atoms with Gasteiger partial charge in [0.25, 0.3) is 0 Å². The van der Waals surface area contributed by atoms with E-state index >= 15 is 0 Å². The molecule has 18 heavy (non-hydrogen) atoms. The van der Waals surface area contributed by atoms with Crippen molar-refractivity contribution >= 4 is 15.9 Å². The molecule has 0 aromatic carbocycles. The number of hydrogen-bond donors (Lipinski definition) is 2. The number of nitrogens with one attached hydrogen (secondary N) is 2. The van der Waals surface area contributed by atoms with Crippen LogP contribution >= 0.6 is 0 Å². The molecule has 1 aromatic heterocycles. The lowest BCUT2D eigenvalue weighted by Crippen LogP contribution is -2.37. The molecule has 0 fully saturated rings. The summed E-state index contributed by atoms with van der Waals surface area (Å²) in [6, 6.07) is -0.937. The van der Waals surface area contributed by atoms with Gasteiger partial charge in [0.05, 0.1) is 0 Å². The molecule has 0 aliphatic heterocycles. The number of aromatic nitrogens is 2. The van der Waals surface area contributed by atoms with E-state index in [2.05, 4.69) is 20.8 Å². The van der Waals surface area contributed by atoms with E-state index in [1.165, 1.54) is 0 Å². The summed E-state index contributed by atoms with van der Waals surface area (Å²) in [7, 11) is -3.53. The third kappa shape index (κ3) is 3.99. The average Bonchev–Trinajstić information content (AvgIpc) is 2.75. The van der Waals surface area contributed by atoms with Gasteiger partial charge in [-0.3, -0.25) is 0 Å². The third-order valence-corrected chi connectivity index (χ3v) is 2.79. The molecule has 1 heterocycles. The second-order valence-corrected chi connectivity index (χ2v) is 5.69. The second-order valence-electron chi connectivity index (χ2n) is 3.80. The van der Waals surface area contributed by atoms with Crippen molar-refractivity contribution in [3.8, 4) is 0 Å².